The Bertz CT molecular complexity index is 1170. The van der Waals surface area contributed by atoms with Crippen molar-refractivity contribution < 1.29 is 19.0 Å². The summed E-state index contributed by atoms with van der Waals surface area (Å²) in [6, 6.07) is 14.0. The van der Waals surface area contributed by atoms with Gasteiger partial charge < -0.3 is 29.3 Å². The molecule has 196 valence electrons. The van der Waals surface area contributed by atoms with Crippen molar-refractivity contribution in [3.05, 3.63) is 54.5 Å². The summed E-state index contributed by atoms with van der Waals surface area (Å²) in [4.78, 5) is 26.2. The minimum atomic E-state index is -0.0552. The van der Waals surface area contributed by atoms with Crippen molar-refractivity contribution in [1.29, 1.82) is 0 Å². The van der Waals surface area contributed by atoms with Crippen molar-refractivity contribution in [2.75, 3.05) is 69.9 Å². The first-order chi connectivity index (χ1) is 18.2. The molecule has 1 aromatic heterocycles. The summed E-state index contributed by atoms with van der Waals surface area (Å²) in [5, 5.41) is 4.10. The van der Waals surface area contributed by atoms with Crippen LogP contribution in [-0.2, 0) is 9.47 Å². The van der Waals surface area contributed by atoms with Crippen LogP contribution in [0.2, 0.25) is 0 Å². The van der Waals surface area contributed by atoms with Crippen molar-refractivity contribution in [2.45, 2.75) is 25.2 Å². The van der Waals surface area contributed by atoms with Gasteiger partial charge in [0.1, 0.15) is 12.1 Å². The van der Waals surface area contributed by atoms with Crippen molar-refractivity contribution in [1.82, 2.24) is 14.9 Å². The topological polar surface area (TPSA) is 89.1 Å². The monoisotopic (exact) mass is 505 g/mol. The van der Waals surface area contributed by atoms with Crippen LogP contribution in [0.25, 0.3) is 10.9 Å². The maximum Gasteiger partial charge on any atom is 0.321 e. The third-order valence-electron chi connectivity index (χ3n) is 7.06. The van der Waals surface area contributed by atoms with E-state index in [1.165, 1.54) is 0 Å². The quantitative estimate of drug-likeness (QED) is 0.457. The lowest BCUT2D eigenvalue weighted by Gasteiger charge is -2.32. The number of morpholine rings is 1. The average molecular weight is 506 g/mol. The smallest absolute Gasteiger partial charge is 0.321 e. The second-order valence-electron chi connectivity index (χ2n) is 9.47. The van der Waals surface area contributed by atoms with Crippen LogP contribution in [0, 0.1) is 0 Å². The molecule has 0 unspecified atom stereocenters. The molecule has 0 bridgehead atoms. The molecule has 1 N–H and O–H groups in total. The molecule has 37 heavy (non-hydrogen) atoms. The number of rotatable bonds is 8. The lowest BCUT2D eigenvalue weighted by Crippen LogP contribution is -2.40. The van der Waals surface area contributed by atoms with E-state index < -0.39 is 0 Å². The molecular weight excluding hydrogens is 470 g/mol. The Balaban J connectivity index is 1.15. The van der Waals surface area contributed by atoms with Crippen molar-refractivity contribution in [3.8, 4) is 5.75 Å². The van der Waals surface area contributed by atoms with Crippen LogP contribution in [0.1, 0.15) is 30.9 Å². The number of hydrogen-bond donors (Lipinski definition) is 1. The Morgan fingerprint density at radius 3 is 2.57 bits per heavy atom. The van der Waals surface area contributed by atoms with Crippen LogP contribution in [0.15, 0.2) is 48.8 Å². The molecule has 3 heterocycles. The van der Waals surface area contributed by atoms with E-state index in [0.717, 1.165) is 79.3 Å². The molecule has 0 saturated carbocycles. The zero-order chi connectivity index (χ0) is 25.5. The molecule has 0 radical (unpaired) electrons. The highest BCUT2D eigenvalue weighted by Gasteiger charge is 2.26. The summed E-state index contributed by atoms with van der Waals surface area (Å²) < 4.78 is 16.3. The van der Waals surface area contributed by atoms with E-state index in [0.29, 0.717) is 26.3 Å². The van der Waals surface area contributed by atoms with E-state index in [1.54, 1.807) is 13.4 Å². The molecule has 9 heteroatoms. The lowest BCUT2D eigenvalue weighted by atomic mass is 9.91. The van der Waals surface area contributed by atoms with Crippen LogP contribution in [0.4, 0.5) is 16.2 Å². The number of piperidine rings is 1. The van der Waals surface area contributed by atoms with Gasteiger partial charge in [-0.25, -0.2) is 14.8 Å². The zero-order valence-electron chi connectivity index (χ0n) is 21.4. The van der Waals surface area contributed by atoms with E-state index in [1.807, 2.05) is 29.2 Å². The molecule has 2 aliphatic rings. The summed E-state index contributed by atoms with van der Waals surface area (Å²) in [6.45, 7) is 5.96. The molecule has 0 aliphatic carbocycles. The first kappa shape index (κ1) is 25.2. The number of carbonyl (C=O) groups is 1. The van der Waals surface area contributed by atoms with Gasteiger partial charge in [-0.3, -0.25) is 0 Å². The first-order valence-corrected chi connectivity index (χ1v) is 13.1. The average Bonchev–Trinajstić information content (AvgIpc) is 2.96. The van der Waals surface area contributed by atoms with Crippen molar-refractivity contribution in [2.24, 2.45) is 0 Å². The molecule has 5 rings (SSSR count). The number of amides is 2. The SMILES string of the molecule is COCCCOc1ccc2c(C3CCN(C(=O)Nc4ccc(N5CCOCC5)cc4)CC3)ncnc2c1. The van der Waals surface area contributed by atoms with Crippen molar-refractivity contribution in [3.63, 3.8) is 0 Å². The summed E-state index contributed by atoms with van der Waals surface area (Å²) in [5.41, 5.74) is 3.90. The molecule has 2 aliphatic heterocycles. The van der Waals surface area contributed by atoms with Gasteiger partial charge in [0, 0.05) is 75.1 Å². The highest BCUT2D eigenvalue weighted by molar-refractivity contribution is 5.89. The predicted octanol–water partition coefficient (Wildman–Crippen LogP) is 4.29. The van der Waals surface area contributed by atoms with E-state index in [4.69, 9.17) is 14.2 Å². The predicted molar refractivity (Wildman–Crippen MR) is 144 cm³/mol. The number of nitrogens with one attached hydrogen (secondary N) is 1. The number of ether oxygens (including phenoxy) is 3. The van der Waals surface area contributed by atoms with Crippen LogP contribution in [0.5, 0.6) is 5.75 Å². The molecule has 2 fully saturated rings. The first-order valence-electron chi connectivity index (χ1n) is 13.1. The fourth-order valence-electron chi connectivity index (χ4n) is 5.00. The van der Waals surface area contributed by atoms with E-state index >= 15 is 0 Å². The number of carbonyl (C=O) groups excluding carboxylic acids is 1. The second-order valence-corrected chi connectivity index (χ2v) is 9.47. The molecule has 0 spiro atoms. The fraction of sp³-hybridized carbons (Fsp3) is 0.464. The normalized spacial score (nSPS) is 16.7. The number of aromatic nitrogens is 2. The maximum absolute atomic E-state index is 12.9. The number of likely N-dealkylation sites (tertiary alicyclic amines) is 1. The van der Waals surface area contributed by atoms with Gasteiger partial charge in [-0.1, -0.05) is 0 Å². The molecule has 9 nitrogen and oxygen atoms in total. The second kappa shape index (κ2) is 12.2. The van der Waals surface area contributed by atoms with Gasteiger partial charge in [-0.15, -0.1) is 0 Å². The molecule has 0 atom stereocenters. The number of benzene rings is 2. The minimum absolute atomic E-state index is 0.0552. The van der Waals surface area contributed by atoms with Crippen LogP contribution < -0.4 is 15.0 Å². The van der Waals surface area contributed by atoms with Crippen LogP contribution in [0.3, 0.4) is 0 Å². The minimum Gasteiger partial charge on any atom is -0.493 e. The van der Waals surface area contributed by atoms with Crippen LogP contribution >= 0.6 is 0 Å². The Morgan fingerprint density at radius 1 is 1.03 bits per heavy atom. The van der Waals surface area contributed by atoms with Gasteiger partial charge in [0.15, 0.2) is 0 Å². The number of urea groups is 1. The zero-order valence-corrected chi connectivity index (χ0v) is 21.4. The summed E-state index contributed by atoms with van der Waals surface area (Å²) in [5.74, 6) is 1.09. The number of nitrogens with zero attached hydrogens (tertiary/aromatic N) is 4. The fourth-order valence-corrected chi connectivity index (χ4v) is 5.00. The molecule has 2 amide bonds. The Kier molecular flexibility index (Phi) is 8.32. The van der Waals surface area contributed by atoms with Gasteiger partial charge >= 0.3 is 6.03 Å². The highest BCUT2D eigenvalue weighted by Crippen LogP contribution is 2.32. The number of anilines is 2. The van der Waals surface area contributed by atoms with Gasteiger partial charge in [0.25, 0.3) is 0 Å². The molecule has 2 saturated heterocycles. The van der Waals surface area contributed by atoms with Gasteiger partial charge in [-0.2, -0.15) is 0 Å². The molecule has 2 aromatic carbocycles. The Morgan fingerprint density at radius 2 is 1.81 bits per heavy atom. The summed E-state index contributed by atoms with van der Waals surface area (Å²) in [7, 11) is 1.69. The number of fused-ring (bicyclic) bond motifs is 1. The van der Waals surface area contributed by atoms with E-state index in [9.17, 15) is 4.79 Å². The van der Waals surface area contributed by atoms with E-state index in [-0.39, 0.29) is 11.9 Å². The number of hydrogen-bond acceptors (Lipinski definition) is 7. The molecular formula is C28H35N5O4. The maximum atomic E-state index is 12.9. The van der Waals surface area contributed by atoms with Gasteiger partial charge in [0.2, 0.25) is 0 Å². The summed E-state index contributed by atoms with van der Waals surface area (Å²) >= 11 is 0. The van der Waals surface area contributed by atoms with Gasteiger partial charge in [-0.05, 0) is 49.2 Å². The lowest BCUT2D eigenvalue weighted by molar-refractivity contribution is 0.122. The summed E-state index contributed by atoms with van der Waals surface area (Å²) in [6.07, 6.45) is 4.21. The van der Waals surface area contributed by atoms with Crippen molar-refractivity contribution >= 4 is 28.3 Å². The Hall–Kier alpha value is -3.43. The number of methoxy groups -OCH3 is 1. The highest BCUT2D eigenvalue weighted by atomic mass is 16.5. The van der Waals surface area contributed by atoms with Gasteiger partial charge in [0.05, 0.1) is 31.0 Å². The Labute approximate surface area is 217 Å². The standard InChI is InChI=1S/C28H35N5O4/c1-35-15-2-16-37-24-7-8-25-26(19-24)29-20-30-27(25)21-9-11-33(12-10-21)28(34)31-22-3-5-23(6-4-22)32-13-17-36-18-14-32/h3-8,19-21H,2,9-18H2,1H3,(H,31,34). The molecule has 3 aromatic rings. The van der Waals surface area contributed by atoms with E-state index in [2.05, 4.69) is 38.4 Å². The largest absolute Gasteiger partial charge is 0.493 e. The van der Waals surface area contributed by atoms with Crippen LogP contribution in [-0.4, -0.2) is 80.6 Å². The third-order valence-corrected chi connectivity index (χ3v) is 7.06. The third kappa shape index (κ3) is 6.29.